The Kier molecular flexibility index (Phi) is 7.40. The molecule has 3 aliphatic heterocycles. The lowest BCUT2D eigenvalue weighted by atomic mass is 9.90. The maximum atomic E-state index is 11.5. The second-order valence-electron chi connectivity index (χ2n) is 10.4. The lowest BCUT2D eigenvalue weighted by Gasteiger charge is -2.48. The highest BCUT2D eigenvalue weighted by Gasteiger charge is 2.40. The Labute approximate surface area is 221 Å². The van der Waals surface area contributed by atoms with Crippen LogP contribution in [0.2, 0.25) is 0 Å². The molecule has 0 aliphatic carbocycles. The minimum absolute atomic E-state index is 0.0656. The van der Waals surface area contributed by atoms with Crippen LogP contribution in [0.15, 0.2) is 42.9 Å². The van der Waals surface area contributed by atoms with Gasteiger partial charge in [-0.25, -0.2) is 9.97 Å². The van der Waals surface area contributed by atoms with E-state index in [1.54, 1.807) is 29.8 Å². The molecule has 10 heteroatoms. The molecule has 2 N–H and O–H groups in total. The zero-order valence-electron chi connectivity index (χ0n) is 21.0. The fourth-order valence-electron chi connectivity index (χ4n) is 5.86. The van der Waals surface area contributed by atoms with Crippen LogP contribution in [0.1, 0.15) is 35.6 Å². The number of aromatic hydroxyl groups is 1. The zero-order valence-corrected chi connectivity index (χ0v) is 21.9. The maximum Gasteiger partial charge on any atom is 0.116 e. The fourth-order valence-corrected chi connectivity index (χ4v) is 7.02. The van der Waals surface area contributed by atoms with Crippen LogP contribution in [0.3, 0.4) is 0 Å². The highest BCUT2D eigenvalue weighted by molar-refractivity contribution is 7.19. The van der Waals surface area contributed by atoms with E-state index in [4.69, 9.17) is 9.47 Å². The third kappa shape index (κ3) is 5.65. The number of benzene rings is 1. The molecule has 2 unspecified atom stereocenters. The van der Waals surface area contributed by atoms with Crippen molar-refractivity contribution in [3.63, 3.8) is 0 Å². The summed E-state index contributed by atoms with van der Waals surface area (Å²) < 4.78 is 12.7. The zero-order chi connectivity index (χ0) is 25.2. The Morgan fingerprint density at radius 3 is 2.68 bits per heavy atom. The molecule has 9 nitrogen and oxygen atoms in total. The Balaban J connectivity index is 1.23. The van der Waals surface area contributed by atoms with Gasteiger partial charge in [-0.3, -0.25) is 14.7 Å². The van der Waals surface area contributed by atoms with E-state index in [1.165, 1.54) is 4.88 Å². The predicted octanol–water partition coefficient (Wildman–Crippen LogP) is 2.63. The normalized spacial score (nSPS) is 24.8. The van der Waals surface area contributed by atoms with Crippen molar-refractivity contribution in [3.8, 4) is 5.75 Å². The number of nitrogens with zero attached hydrogens (tertiary/aromatic N) is 5. The number of piperidine rings is 1. The molecule has 2 aromatic heterocycles. The van der Waals surface area contributed by atoms with E-state index in [9.17, 15) is 10.2 Å². The van der Waals surface area contributed by atoms with Gasteiger partial charge in [0, 0.05) is 56.9 Å². The second kappa shape index (κ2) is 10.9. The van der Waals surface area contributed by atoms with E-state index in [1.807, 2.05) is 18.3 Å². The van der Waals surface area contributed by atoms with E-state index >= 15 is 0 Å². The van der Waals surface area contributed by atoms with Crippen molar-refractivity contribution in [3.05, 3.63) is 53.3 Å². The number of hydrogen-bond acceptors (Lipinski definition) is 10. The van der Waals surface area contributed by atoms with Gasteiger partial charge in [-0.1, -0.05) is 12.1 Å². The number of fused-ring (bicyclic) bond motifs is 1. The minimum Gasteiger partial charge on any atom is -0.508 e. The predicted molar refractivity (Wildman–Crippen MR) is 142 cm³/mol. The standard InChI is InChI=1S/C27H35N5O4S/c33-21-3-1-2-20(14-21)23-17-32(10-13-36-23)26(24-15-22-25(37-24)16-28-19-29-22)31-6-4-27(34,5-7-31)18-30-8-11-35-12-9-30/h1-3,14-16,19,23,26,33-34H,4-13,17-18H2. The largest absolute Gasteiger partial charge is 0.508 e. The number of rotatable bonds is 6. The first-order valence-corrected chi connectivity index (χ1v) is 14.0. The van der Waals surface area contributed by atoms with Crippen LogP contribution in [0.5, 0.6) is 5.75 Å². The fraction of sp³-hybridized carbons (Fsp3) is 0.556. The number of ether oxygens (including phenoxy) is 2. The molecule has 3 aromatic rings. The molecule has 0 spiro atoms. The summed E-state index contributed by atoms with van der Waals surface area (Å²) in [6.07, 6.45) is 4.93. The molecule has 5 heterocycles. The van der Waals surface area contributed by atoms with E-state index in [0.29, 0.717) is 13.2 Å². The average molecular weight is 526 g/mol. The van der Waals surface area contributed by atoms with Crippen LogP contribution in [0, 0.1) is 0 Å². The smallest absolute Gasteiger partial charge is 0.116 e. The molecule has 0 saturated carbocycles. The van der Waals surface area contributed by atoms with Crippen LogP contribution in [-0.2, 0) is 9.47 Å². The first-order chi connectivity index (χ1) is 18.1. The van der Waals surface area contributed by atoms with Gasteiger partial charge in [0.05, 0.1) is 47.9 Å². The molecule has 3 saturated heterocycles. The van der Waals surface area contributed by atoms with Crippen LogP contribution < -0.4 is 0 Å². The summed E-state index contributed by atoms with van der Waals surface area (Å²) in [6.45, 7) is 7.79. The van der Waals surface area contributed by atoms with Crippen molar-refractivity contribution in [2.24, 2.45) is 0 Å². The highest BCUT2D eigenvalue weighted by Crippen LogP contribution is 2.39. The van der Waals surface area contributed by atoms with Gasteiger partial charge in [0.2, 0.25) is 0 Å². The van der Waals surface area contributed by atoms with Gasteiger partial charge in [0.15, 0.2) is 0 Å². The summed E-state index contributed by atoms with van der Waals surface area (Å²) in [5, 5.41) is 21.5. The SMILES string of the molecule is Oc1cccc(C2CN(C(c3cc4ncncc4s3)N3CCC(O)(CN4CCOCC4)CC3)CCO2)c1. The van der Waals surface area contributed by atoms with Crippen molar-refractivity contribution in [1.29, 1.82) is 0 Å². The van der Waals surface area contributed by atoms with Crippen LogP contribution in [0.25, 0.3) is 10.2 Å². The minimum atomic E-state index is -0.668. The summed E-state index contributed by atoms with van der Waals surface area (Å²) in [4.78, 5) is 17.3. The topological polar surface area (TPSA) is 94.4 Å². The molecular weight excluding hydrogens is 490 g/mol. The number of thiophene rings is 1. The molecule has 198 valence electrons. The molecule has 6 rings (SSSR count). The summed E-state index contributed by atoms with van der Waals surface area (Å²) in [5.41, 5.74) is 1.29. The molecule has 2 atom stereocenters. The summed E-state index contributed by atoms with van der Waals surface area (Å²) in [5.74, 6) is 0.258. The summed E-state index contributed by atoms with van der Waals surface area (Å²) >= 11 is 1.75. The van der Waals surface area contributed by atoms with E-state index in [2.05, 4.69) is 30.7 Å². The van der Waals surface area contributed by atoms with Gasteiger partial charge in [-0.05, 0) is 36.6 Å². The van der Waals surface area contributed by atoms with E-state index in [-0.39, 0.29) is 18.0 Å². The number of aliphatic hydroxyl groups is 1. The number of β-amino-alcohol motifs (C(OH)–C–C–N with tert-alkyl or cyclic N) is 1. The molecule has 0 bridgehead atoms. The van der Waals surface area contributed by atoms with E-state index < -0.39 is 5.60 Å². The molecule has 37 heavy (non-hydrogen) atoms. The number of phenols is 1. The highest BCUT2D eigenvalue weighted by atomic mass is 32.1. The average Bonchev–Trinajstić information content (AvgIpc) is 3.34. The van der Waals surface area contributed by atoms with E-state index in [0.717, 1.165) is 81.1 Å². The third-order valence-corrected chi connectivity index (χ3v) is 8.95. The summed E-state index contributed by atoms with van der Waals surface area (Å²) in [6, 6.07) is 9.57. The third-order valence-electron chi connectivity index (χ3n) is 7.85. The second-order valence-corrected chi connectivity index (χ2v) is 11.5. The van der Waals surface area contributed by atoms with Gasteiger partial charge in [0.1, 0.15) is 12.1 Å². The quantitative estimate of drug-likeness (QED) is 0.504. The van der Waals surface area contributed by atoms with Crippen molar-refractivity contribution in [2.45, 2.75) is 30.7 Å². The Hall–Kier alpha value is -2.18. The maximum absolute atomic E-state index is 11.5. The first-order valence-electron chi connectivity index (χ1n) is 13.2. The Morgan fingerprint density at radius 2 is 1.89 bits per heavy atom. The van der Waals surface area contributed by atoms with Gasteiger partial charge in [-0.2, -0.15) is 0 Å². The van der Waals surface area contributed by atoms with Crippen LogP contribution in [0.4, 0.5) is 0 Å². The lowest BCUT2D eigenvalue weighted by molar-refractivity contribution is -0.108. The molecule has 0 amide bonds. The number of aromatic nitrogens is 2. The lowest BCUT2D eigenvalue weighted by Crippen LogP contribution is -2.55. The van der Waals surface area contributed by atoms with Crippen LogP contribution >= 0.6 is 11.3 Å². The van der Waals surface area contributed by atoms with Crippen molar-refractivity contribution >= 4 is 21.6 Å². The van der Waals surface area contributed by atoms with Gasteiger partial charge in [0.25, 0.3) is 0 Å². The number of likely N-dealkylation sites (tertiary alicyclic amines) is 1. The molecule has 0 radical (unpaired) electrons. The van der Waals surface area contributed by atoms with Crippen molar-refractivity contribution in [1.82, 2.24) is 24.7 Å². The van der Waals surface area contributed by atoms with Gasteiger partial charge >= 0.3 is 0 Å². The van der Waals surface area contributed by atoms with Gasteiger partial charge in [-0.15, -0.1) is 11.3 Å². The number of morpholine rings is 2. The number of hydrogen-bond donors (Lipinski definition) is 2. The monoisotopic (exact) mass is 525 g/mol. The Bertz CT molecular complexity index is 1160. The Morgan fingerprint density at radius 1 is 1.05 bits per heavy atom. The summed E-state index contributed by atoms with van der Waals surface area (Å²) in [7, 11) is 0. The number of phenolic OH excluding ortho intramolecular Hbond substituents is 1. The van der Waals surface area contributed by atoms with Crippen molar-refractivity contribution in [2.75, 3.05) is 65.6 Å². The van der Waals surface area contributed by atoms with Gasteiger partial charge < -0.3 is 19.7 Å². The van der Waals surface area contributed by atoms with Crippen molar-refractivity contribution < 1.29 is 19.7 Å². The molecule has 3 aliphatic rings. The molecular formula is C27H35N5O4S. The molecule has 3 fully saturated rings. The van der Waals surface area contributed by atoms with Crippen LogP contribution in [-0.4, -0.2) is 106 Å². The molecule has 1 aromatic carbocycles. The first kappa shape index (κ1) is 25.1.